The predicted octanol–water partition coefficient (Wildman–Crippen LogP) is 6.64. The Labute approximate surface area is 229 Å². The van der Waals surface area contributed by atoms with Gasteiger partial charge in [-0.25, -0.2) is 4.90 Å². The summed E-state index contributed by atoms with van der Waals surface area (Å²) in [5.41, 5.74) is 0. The van der Waals surface area contributed by atoms with Gasteiger partial charge in [0.05, 0.1) is 38.6 Å². The fourth-order valence-electron chi connectivity index (χ4n) is 4.67. The van der Waals surface area contributed by atoms with Gasteiger partial charge in [-0.3, -0.25) is 0 Å². The maximum atomic E-state index is 10.5. The standard InChI is InChI=1S/C30H63NO6/c1-8-13-14-15-16-17-18-19-20-29(34-21-9-2,35-22-10-3)30(36-23-11-4,37-24-12-5)31(25-27(6)32)26-28(7)33/h27-28,32-33H,8-26H2,1-7H3. The molecule has 0 aromatic rings. The molecule has 0 rings (SSSR count). The molecule has 0 aliphatic rings. The van der Waals surface area contributed by atoms with Gasteiger partial charge in [-0.2, -0.15) is 0 Å². The van der Waals surface area contributed by atoms with Crippen molar-refractivity contribution in [2.24, 2.45) is 0 Å². The zero-order valence-electron chi connectivity index (χ0n) is 25.6. The number of rotatable bonds is 27. The maximum Gasteiger partial charge on any atom is 0.287 e. The van der Waals surface area contributed by atoms with Crippen LogP contribution in [0.4, 0.5) is 0 Å². The number of ether oxygens (including phenoxy) is 4. The molecule has 0 aromatic carbocycles. The van der Waals surface area contributed by atoms with E-state index >= 15 is 0 Å². The Balaban J connectivity index is 6.38. The summed E-state index contributed by atoms with van der Waals surface area (Å²) in [6, 6.07) is 0. The third-order valence-electron chi connectivity index (χ3n) is 6.31. The molecule has 7 heteroatoms. The zero-order chi connectivity index (χ0) is 28.0. The highest BCUT2D eigenvalue weighted by Crippen LogP contribution is 2.41. The SMILES string of the molecule is CCCCCCCCCCC(OCCC)(OCCC)C(OCCC)(OCCC)N(CC(C)O)CC(C)O. The van der Waals surface area contributed by atoms with Crippen molar-refractivity contribution < 1.29 is 29.2 Å². The Kier molecular flexibility index (Phi) is 22.4. The number of nitrogens with zero attached hydrogens (tertiary/aromatic N) is 1. The molecular formula is C30H63NO6. The first kappa shape index (κ1) is 36.7. The van der Waals surface area contributed by atoms with Gasteiger partial charge < -0.3 is 29.2 Å². The largest absolute Gasteiger partial charge is 0.392 e. The first-order valence-electron chi connectivity index (χ1n) is 15.5. The minimum Gasteiger partial charge on any atom is -0.392 e. The van der Waals surface area contributed by atoms with Crippen LogP contribution < -0.4 is 0 Å². The Morgan fingerprint density at radius 2 is 0.919 bits per heavy atom. The maximum absolute atomic E-state index is 10.5. The second-order valence-electron chi connectivity index (χ2n) is 10.6. The highest BCUT2D eigenvalue weighted by Gasteiger charge is 2.60. The topological polar surface area (TPSA) is 80.6 Å². The van der Waals surface area contributed by atoms with Crippen molar-refractivity contribution in [3.05, 3.63) is 0 Å². The van der Waals surface area contributed by atoms with Crippen LogP contribution in [-0.4, -0.2) is 78.5 Å². The molecule has 37 heavy (non-hydrogen) atoms. The van der Waals surface area contributed by atoms with E-state index in [1.807, 2.05) is 4.90 Å². The first-order valence-corrected chi connectivity index (χ1v) is 15.5. The van der Waals surface area contributed by atoms with E-state index in [2.05, 4.69) is 34.6 Å². The summed E-state index contributed by atoms with van der Waals surface area (Å²) in [6.07, 6.45) is 12.2. The Morgan fingerprint density at radius 3 is 1.30 bits per heavy atom. The van der Waals surface area contributed by atoms with Crippen LogP contribution in [-0.2, 0) is 18.9 Å². The lowest BCUT2D eigenvalue weighted by atomic mass is 9.99. The van der Waals surface area contributed by atoms with E-state index in [1.54, 1.807) is 13.8 Å². The molecule has 224 valence electrons. The summed E-state index contributed by atoms with van der Waals surface area (Å²) in [7, 11) is 0. The number of hydrogen-bond donors (Lipinski definition) is 2. The van der Waals surface area contributed by atoms with Crippen molar-refractivity contribution >= 4 is 0 Å². The fraction of sp³-hybridized carbons (Fsp3) is 1.00. The quantitative estimate of drug-likeness (QED) is 0.0905. The monoisotopic (exact) mass is 533 g/mol. The molecule has 0 aliphatic heterocycles. The van der Waals surface area contributed by atoms with Crippen LogP contribution >= 0.6 is 0 Å². The summed E-state index contributed by atoms with van der Waals surface area (Å²) < 4.78 is 26.7. The van der Waals surface area contributed by atoms with Crippen molar-refractivity contribution in [2.45, 2.75) is 156 Å². The van der Waals surface area contributed by atoms with Crippen LogP contribution in [0, 0.1) is 0 Å². The first-order chi connectivity index (χ1) is 17.8. The second-order valence-corrected chi connectivity index (χ2v) is 10.6. The van der Waals surface area contributed by atoms with Gasteiger partial charge in [-0.1, -0.05) is 79.6 Å². The molecule has 0 heterocycles. The van der Waals surface area contributed by atoms with E-state index in [0.29, 0.717) is 32.8 Å². The summed E-state index contributed by atoms with van der Waals surface area (Å²) in [5, 5.41) is 21.0. The molecule has 0 bridgehead atoms. The van der Waals surface area contributed by atoms with Crippen LogP contribution in [0.3, 0.4) is 0 Å². The van der Waals surface area contributed by atoms with Crippen LogP contribution in [0.15, 0.2) is 0 Å². The van der Waals surface area contributed by atoms with Crippen LogP contribution in [0.2, 0.25) is 0 Å². The van der Waals surface area contributed by atoms with Gasteiger partial charge in [0.2, 0.25) is 5.79 Å². The number of unbranched alkanes of at least 4 members (excludes halogenated alkanes) is 7. The van der Waals surface area contributed by atoms with Crippen molar-refractivity contribution in [3.8, 4) is 0 Å². The third kappa shape index (κ3) is 14.1. The van der Waals surface area contributed by atoms with Crippen molar-refractivity contribution in [1.29, 1.82) is 0 Å². The molecule has 0 aliphatic carbocycles. The summed E-state index contributed by atoms with van der Waals surface area (Å²) in [4.78, 5) is 1.92. The average molecular weight is 534 g/mol. The highest BCUT2D eigenvalue weighted by atomic mass is 16.8. The number of aliphatic hydroxyl groups is 2. The molecule has 2 atom stereocenters. The minimum absolute atomic E-state index is 0.266. The summed E-state index contributed by atoms with van der Waals surface area (Å²) in [6.45, 7) is 16.5. The Morgan fingerprint density at radius 1 is 0.541 bits per heavy atom. The Hall–Kier alpha value is -0.280. The minimum atomic E-state index is -1.39. The lowest BCUT2D eigenvalue weighted by molar-refractivity contribution is -0.461. The summed E-state index contributed by atoms with van der Waals surface area (Å²) in [5.74, 6) is -2.58. The van der Waals surface area contributed by atoms with Gasteiger partial charge >= 0.3 is 0 Å². The van der Waals surface area contributed by atoms with Crippen LogP contribution in [0.25, 0.3) is 0 Å². The van der Waals surface area contributed by atoms with Crippen LogP contribution in [0.5, 0.6) is 0 Å². The van der Waals surface area contributed by atoms with Gasteiger partial charge in [0.25, 0.3) is 5.91 Å². The van der Waals surface area contributed by atoms with E-state index in [4.69, 9.17) is 18.9 Å². The zero-order valence-corrected chi connectivity index (χ0v) is 25.6. The van der Waals surface area contributed by atoms with Crippen molar-refractivity contribution in [1.82, 2.24) is 4.90 Å². The van der Waals surface area contributed by atoms with E-state index in [-0.39, 0.29) is 13.1 Å². The fourth-order valence-corrected chi connectivity index (χ4v) is 4.67. The molecule has 7 nitrogen and oxygen atoms in total. The van der Waals surface area contributed by atoms with Gasteiger partial charge in [-0.05, 0) is 46.0 Å². The number of aliphatic hydroxyl groups excluding tert-OH is 2. The molecule has 0 aromatic heterocycles. The van der Waals surface area contributed by atoms with E-state index in [1.165, 1.54) is 38.5 Å². The molecule has 2 N–H and O–H groups in total. The van der Waals surface area contributed by atoms with Gasteiger partial charge in [-0.15, -0.1) is 0 Å². The van der Waals surface area contributed by atoms with E-state index in [0.717, 1.165) is 38.5 Å². The van der Waals surface area contributed by atoms with Gasteiger partial charge in [0, 0.05) is 19.5 Å². The molecule has 0 radical (unpaired) electrons. The normalized spacial score (nSPS) is 14.4. The van der Waals surface area contributed by atoms with Crippen LogP contribution in [0.1, 0.15) is 132 Å². The molecular weight excluding hydrogens is 470 g/mol. The Bertz CT molecular complexity index is 476. The van der Waals surface area contributed by atoms with Crippen molar-refractivity contribution in [3.63, 3.8) is 0 Å². The average Bonchev–Trinajstić information content (AvgIpc) is 2.86. The van der Waals surface area contributed by atoms with E-state index < -0.39 is 23.9 Å². The molecule has 0 amide bonds. The molecule has 2 unspecified atom stereocenters. The molecule has 0 spiro atoms. The predicted molar refractivity (Wildman–Crippen MR) is 153 cm³/mol. The smallest absolute Gasteiger partial charge is 0.287 e. The lowest BCUT2D eigenvalue weighted by Gasteiger charge is -2.53. The van der Waals surface area contributed by atoms with Gasteiger partial charge in [0.1, 0.15) is 0 Å². The van der Waals surface area contributed by atoms with Gasteiger partial charge in [0.15, 0.2) is 0 Å². The number of hydrogen-bond acceptors (Lipinski definition) is 7. The highest BCUT2D eigenvalue weighted by molar-refractivity contribution is 4.92. The summed E-state index contributed by atoms with van der Waals surface area (Å²) >= 11 is 0. The third-order valence-corrected chi connectivity index (χ3v) is 6.31. The van der Waals surface area contributed by atoms with E-state index in [9.17, 15) is 10.2 Å². The lowest BCUT2D eigenvalue weighted by Crippen LogP contribution is -2.71. The molecule has 0 fully saturated rings. The second kappa shape index (κ2) is 22.5. The van der Waals surface area contributed by atoms with Crippen molar-refractivity contribution in [2.75, 3.05) is 39.5 Å². The molecule has 0 saturated heterocycles. The molecule has 0 saturated carbocycles.